The van der Waals surface area contributed by atoms with Crippen molar-refractivity contribution in [3.05, 3.63) is 0 Å². The Balaban J connectivity index is 2.57. The van der Waals surface area contributed by atoms with E-state index in [1.54, 1.807) is 0 Å². The molecule has 1 fully saturated rings. The van der Waals surface area contributed by atoms with Gasteiger partial charge in [0.15, 0.2) is 0 Å². The van der Waals surface area contributed by atoms with E-state index >= 15 is 0 Å². The van der Waals surface area contributed by atoms with Crippen LogP contribution in [0.25, 0.3) is 0 Å². The topological polar surface area (TPSA) is 49.8 Å². The van der Waals surface area contributed by atoms with Gasteiger partial charge in [0.05, 0.1) is 13.2 Å². The van der Waals surface area contributed by atoms with Gasteiger partial charge in [0.2, 0.25) is 0 Å². The maximum absolute atomic E-state index is 12.2. The standard InChI is InChI=1S/C4H5F2NO3/c5-4(6,3(8)9)7-1-2-10-7/h1-2H2,(H,8,9). The molecule has 0 aromatic carbocycles. The second-order valence-electron chi connectivity index (χ2n) is 1.78. The van der Waals surface area contributed by atoms with Gasteiger partial charge in [-0.1, -0.05) is 0 Å². The number of hydrogen-bond donors (Lipinski definition) is 1. The van der Waals surface area contributed by atoms with Gasteiger partial charge in [-0.25, -0.2) is 4.79 Å². The number of carbonyl (C=O) groups is 1. The Bertz CT molecular complexity index is 157. The summed E-state index contributed by atoms with van der Waals surface area (Å²) in [6, 6.07) is -3.88. The molecule has 0 radical (unpaired) electrons. The SMILES string of the molecule is O=C(O)C(F)(F)N1CCO1. The molecule has 1 aliphatic rings. The van der Waals surface area contributed by atoms with Crippen molar-refractivity contribution in [2.45, 2.75) is 6.05 Å². The van der Waals surface area contributed by atoms with Gasteiger partial charge in [0.1, 0.15) is 0 Å². The summed E-state index contributed by atoms with van der Waals surface area (Å²) < 4.78 is 24.4. The summed E-state index contributed by atoms with van der Waals surface area (Å²) in [5.74, 6) is -2.19. The van der Waals surface area contributed by atoms with Gasteiger partial charge >= 0.3 is 12.0 Å². The Labute approximate surface area is 54.9 Å². The van der Waals surface area contributed by atoms with Gasteiger partial charge in [-0.15, -0.1) is 5.06 Å². The van der Waals surface area contributed by atoms with Crippen LogP contribution in [0.3, 0.4) is 0 Å². The summed E-state index contributed by atoms with van der Waals surface area (Å²) in [6.45, 7) is 0.113. The Morgan fingerprint density at radius 3 is 2.30 bits per heavy atom. The fraction of sp³-hybridized carbons (Fsp3) is 0.750. The van der Waals surface area contributed by atoms with Crippen molar-refractivity contribution in [1.29, 1.82) is 0 Å². The molecule has 0 aromatic heterocycles. The van der Waals surface area contributed by atoms with Crippen LogP contribution in [0.4, 0.5) is 8.78 Å². The number of hydroxylamine groups is 2. The lowest BCUT2D eigenvalue weighted by Crippen LogP contribution is -2.55. The zero-order valence-corrected chi connectivity index (χ0v) is 4.88. The van der Waals surface area contributed by atoms with Gasteiger partial charge in [0, 0.05) is 0 Å². The molecular weight excluding hydrogens is 148 g/mol. The minimum Gasteiger partial charge on any atom is -0.476 e. The van der Waals surface area contributed by atoms with Crippen molar-refractivity contribution in [3.8, 4) is 0 Å². The van der Waals surface area contributed by atoms with Crippen LogP contribution in [-0.2, 0) is 9.63 Å². The Morgan fingerprint density at radius 1 is 1.70 bits per heavy atom. The molecule has 10 heavy (non-hydrogen) atoms. The fourth-order valence-electron chi connectivity index (χ4n) is 0.511. The summed E-state index contributed by atoms with van der Waals surface area (Å²) >= 11 is 0. The molecule has 0 bridgehead atoms. The zero-order chi connectivity index (χ0) is 7.78. The number of rotatable bonds is 2. The van der Waals surface area contributed by atoms with Crippen LogP contribution < -0.4 is 0 Å². The van der Waals surface area contributed by atoms with Crippen molar-refractivity contribution in [2.24, 2.45) is 0 Å². The number of aliphatic carboxylic acids is 1. The third kappa shape index (κ3) is 0.952. The average Bonchev–Trinajstić information content (AvgIpc) is 1.57. The van der Waals surface area contributed by atoms with E-state index in [2.05, 4.69) is 4.84 Å². The number of hydrogen-bond acceptors (Lipinski definition) is 3. The van der Waals surface area contributed by atoms with Crippen LogP contribution in [0.2, 0.25) is 0 Å². The molecule has 0 atom stereocenters. The predicted molar refractivity (Wildman–Crippen MR) is 25.2 cm³/mol. The molecule has 4 nitrogen and oxygen atoms in total. The van der Waals surface area contributed by atoms with E-state index in [1.165, 1.54) is 0 Å². The first kappa shape index (κ1) is 7.36. The minimum absolute atomic E-state index is 0.0424. The van der Waals surface area contributed by atoms with Gasteiger partial charge in [-0.2, -0.15) is 8.78 Å². The van der Waals surface area contributed by atoms with Crippen LogP contribution in [0.5, 0.6) is 0 Å². The van der Waals surface area contributed by atoms with Gasteiger partial charge in [-0.3, -0.25) is 4.84 Å². The summed E-state index contributed by atoms with van der Waals surface area (Å²) in [7, 11) is 0. The molecular formula is C4H5F2NO3. The summed E-state index contributed by atoms with van der Waals surface area (Å²) in [4.78, 5) is 13.9. The molecule has 1 saturated heterocycles. The second kappa shape index (κ2) is 2.14. The van der Waals surface area contributed by atoms with Crippen LogP contribution in [-0.4, -0.2) is 35.3 Å². The molecule has 0 aliphatic carbocycles. The highest BCUT2D eigenvalue weighted by Gasteiger charge is 2.49. The number of carboxylic acids is 1. The highest BCUT2D eigenvalue weighted by molar-refractivity contribution is 5.74. The molecule has 0 amide bonds. The average molecular weight is 153 g/mol. The molecule has 58 valence electrons. The molecule has 6 heteroatoms. The molecule has 1 N–H and O–H groups in total. The van der Waals surface area contributed by atoms with Crippen LogP contribution >= 0.6 is 0 Å². The van der Waals surface area contributed by atoms with Crippen molar-refractivity contribution < 1.29 is 23.5 Å². The lowest BCUT2D eigenvalue weighted by molar-refractivity contribution is -0.362. The van der Waals surface area contributed by atoms with Gasteiger partial charge < -0.3 is 5.11 Å². The van der Waals surface area contributed by atoms with Gasteiger partial charge in [-0.05, 0) is 0 Å². The van der Waals surface area contributed by atoms with Crippen LogP contribution in [0.15, 0.2) is 0 Å². The fourth-order valence-corrected chi connectivity index (χ4v) is 0.511. The summed E-state index contributed by atoms with van der Waals surface area (Å²) in [6.07, 6.45) is 0. The van der Waals surface area contributed by atoms with E-state index in [-0.39, 0.29) is 18.2 Å². The van der Waals surface area contributed by atoms with E-state index in [4.69, 9.17) is 5.11 Å². The van der Waals surface area contributed by atoms with Crippen molar-refractivity contribution in [3.63, 3.8) is 0 Å². The third-order valence-corrected chi connectivity index (χ3v) is 1.11. The van der Waals surface area contributed by atoms with Crippen molar-refractivity contribution in [1.82, 2.24) is 5.06 Å². The molecule has 0 saturated carbocycles. The molecule has 1 aliphatic heterocycles. The van der Waals surface area contributed by atoms with Gasteiger partial charge in [0.25, 0.3) is 0 Å². The first-order valence-corrected chi connectivity index (χ1v) is 2.57. The largest absolute Gasteiger partial charge is 0.476 e. The van der Waals surface area contributed by atoms with Crippen molar-refractivity contribution in [2.75, 3.05) is 13.2 Å². The molecule has 1 heterocycles. The number of alkyl halides is 2. The third-order valence-electron chi connectivity index (χ3n) is 1.11. The van der Waals surface area contributed by atoms with E-state index in [1.807, 2.05) is 0 Å². The second-order valence-corrected chi connectivity index (χ2v) is 1.78. The number of halogens is 2. The lowest BCUT2D eigenvalue weighted by Gasteiger charge is -2.33. The highest BCUT2D eigenvalue weighted by Crippen LogP contribution is 2.23. The Kier molecular flexibility index (Phi) is 1.57. The highest BCUT2D eigenvalue weighted by atomic mass is 19.3. The minimum atomic E-state index is -3.88. The lowest BCUT2D eigenvalue weighted by atomic mass is 10.5. The summed E-state index contributed by atoms with van der Waals surface area (Å²) in [5.41, 5.74) is 0. The normalized spacial score (nSPS) is 20.2. The molecule has 0 aromatic rings. The molecule has 0 spiro atoms. The van der Waals surface area contributed by atoms with E-state index in [0.717, 1.165) is 0 Å². The first-order valence-electron chi connectivity index (χ1n) is 2.57. The Hall–Kier alpha value is -0.750. The van der Waals surface area contributed by atoms with Crippen LogP contribution in [0, 0.1) is 0 Å². The quantitative estimate of drug-likeness (QED) is 0.563. The van der Waals surface area contributed by atoms with E-state index in [9.17, 15) is 13.6 Å². The molecule has 0 unspecified atom stereocenters. The maximum atomic E-state index is 12.2. The monoisotopic (exact) mass is 153 g/mol. The maximum Gasteiger partial charge on any atom is 0.422 e. The predicted octanol–water partition coefficient (Wildman–Crippen LogP) is -0.0890. The molecule has 1 rings (SSSR count). The van der Waals surface area contributed by atoms with Crippen molar-refractivity contribution >= 4 is 5.97 Å². The van der Waals surface area contributed by atoms with E-state index in [0.29, 0.717) is 0 Å². The number of nitrogens with zero attached hydrogens (tertiary/aromatic N) is 1. The number of carboxylic acid groups (broad SMARTS) is 1. The zero-order valence-electron chi connectivity index (χ0n) is 4.88. The van der Waals surface area contributed by atoms with E-state index < -0.39 is 12.0 Å². The van der Waals surface area contributed by atoms with Crippen LogP contribution in [0.1, 0.15) is 0 Å². The Morgan fingerprint density at radius 2 is 2.20 bits per heavy atom. The first-order chi connectivity index (χ1) is 4.55. The summed E-state index contributed by atoms with van der Waals surface area (Å²) in [5, 5.41) is 8.04. The smallest absolute Gasteiger partial charge is 0.422 e.